The number of nitrogens with one attached hydrogen (secondary N) is 1. The molecule has 1 aromatic rings. The van der Waals surface area contributed by atoms with Gasteiger partial charge in [-0.15, -0.1) is 0 Å². The van der Waals surface area contributed by atoms with Gasteiger partial charge >= 0.3 is 0 Å². The van der Waals surface area contributed by atoms with Crippen molar-refractivity contribution < 1.29 is 4.74 Å². The maximum Gasteiger partial charge on any atom is 0.118 e. The first-order valence-corrected chi connectivity index (χ1v) is 7.64. The van der Waals surface area contributed by atoms with E-state index in [2.05, 4.69) is 31.3 Å². The molecule has 106 valence electrons. The smallest absolute Gasteiger partial charge is 0.118 e. The van der Waals surface area contributed by atoms with Crippen LogP contribution in [0.2, 0.25) is 0 Å². The molecule has 0 radical (unpaired) electrons. The van der Waals surface area contributed by atoms with Crippen molar-refractivity contribution in [2.45, 2.75) is 58.0 Å². The standard InChI is InChI=1S/C17H27NO/c1-4-14-7-5-6-8-17(14)18-13(2)15-9-11-16(19-3)12-10-15/h9-14,17-18H,4-8H2,1-3H3. The maximum absolute atomic E-state index is 5.21. The lowest BCUT2D eigenvalue weighted by Gasteiger charge is -2.34. The first-order chi connectivity index (χ1) is 9.24. The Labute approximate surface area is 117 Å². The van der Waals surface area contributed by atoms with Crippen LogP contribution in [0.15, 0.2) is 24.3 Å². The Morgan fingerprint density at radius 2 is 1.89 bits per heavy atom. The van der Waals surface area contributed by atoms with Gasteiger partial charge in [-0.3, -0.25) is 0 Å². The first-order valence-electron chi connectivity index (χ1n) is 7.64. The quantitative estimate of drug-likeness (QED) is 0.852. The number of rotatable bonds is 5. The molecular formula is C17H27NO. The maximum atomic E-state index is 5.21. The Morgan fingerprint density at radius 1 is 1.21 bits per heavy atom. The van der Waals surface area contributed by atoms with Crippen molar-refractivity contribution in [3.63, 3.8) is 0 Å². The fourth-order valence-electron chi connectivity index (χ4n) is 3.23. The Kier molecular flexibility index (Phi) is 5.26. The molecule has 1 saturated carbocycles. The summed E-state index contributed by atoms with van der Waals surface area (Å²) in [5.74, 6) is 1.79. The molecule has 2 nitrogen and oxygen atoms in total. The van der Waals surface area contributed by atoms with Crippen LogP contribution >= 0.6 is 0 Å². The predicted octanol–water partition coefficient (Wildman–Crippen LogP) is 4.31. The Bertz CT molecular complexity index is 373. The van der Waals surface area contributed by atoms with Crippen molar-refractivity contribution in [1.29, 1.82) is 0 Å². The van der Waals surface area contributed by atoms with Crippen LogP contribution in [0.5, 0.6) is 5.75 Å². The minimum atomic E-state index is 0.419. The molecule has 3 atom stereocenters. The lowest BCUT2D eigenvalue weighted by atomic mass is 9.82. The van der Waals surface area contributed by atoms with Gasteiger partial charge in [0.2, 0.25) is 0 Å². The van der Waals surface area contributed by atoms with Gasteiger partial charge in [0.05, 0.1) is 7.11 Å². The third kappa shape index (κ3) is 3.73. The summed E-state index contributed by atoms with van der Waals surface area (Å²) in [7, 11) is 1.71. The van der Waals surface area contributed by atoms with Gasteiger partial charge in [0, 0.05) is 12.1 Å². The summed E-state index contributed by atoms with van der Waals surface area (Å²) < 4.78 is 5.21. The van der Waals surface area contributed by atoms with Crippen molar-refractivity contribution in [2.75, 3.05) is 7.11 Å². The average molecular weight is 261 g/mol. The molecule has 3 unspecified atom stereocenters. The average Bonchev–Trinajstić information content (AvgIpc) is 2.48. The van der Waals surface area contributed by atoms with Crippen LogP contribution in [0, 0.1) is 5.92 Å². The molecule has 2 rings (SSSR count). The normalized spacial score (nSPS) is 25.0. The van der Waals surface area contributed by atoms with E-state index in [1.54, 1.807) is 7.11 Å². The van der Waals surface area contributed by atoms with Gasteiger partial charge in [-0.2, -0.15) is 0 Å². The van der Waals surface area contributed by atoms with Crippen molar-refractivity contribution >= 4 is 0 Å². The van der Waals surface area contributed by atoms with E-state index < -0.39 is 0 Å². The summed E-state index contributed by atoms with van der Waals surface area (Å²) >= 11 is 0. The molecule has 0 heterocycles. The van der Waals surface area contributed by atoms with Gasteiger partial charge in [-0.25, -0.2) is 0 Å². The van der Waals surface area contributed by atoms with E-state index >= 15 is 0 Å². The van der Waals surface area contributed by atoms with Crippen molar-refractivity contribution in [1.82, 2.24) is 5.32 Å². The molecule has 0 spiro atoms. The topological polar surface area (TPSA) is 21.3 Å². The van der Waals surface area contributed by atoms with E-state index in [1.807, 2.05) is 12.1 Å². The minimum absolute atomic E-state index is 0.419. The molecular weight excluding hydrogens is 234 g/mol. The summed E-state index contributed by atoms with van der Waals surface area (Å²) in [6, 6.07) is 9.54. The number of benzene rings is 1. The van der Waals surface area contributed by atoms with Gasteiger partial charge in [0.15, 0.2) is 0 Å². The molecule has 1 fully saturated rings. The predicted molar refractivity (Wildman–Crippen MR) is 80.6 cm³/mol. The molecule has 0 aliphatic heterocycles. The monoisotopic (exact) mass is 261 g/mol. The summed E-state index contributed by atoms with van der Waals surface area (Å²) in [6.45, 7) is 4.59. The van der Waals surface area contributed by atoms with Crippen LogP contribution in [0.1, 0.15) is 57.6 Å². The van der Waals surface area contributed by atoms with Gasteiger partial charge in [-0.05, 0) is 43.4 Å². The lowest BCUT2D eigenvalue weighted by molar-refractivity contribution is 0.240. The zero-order chi connectivity index (χ0) is 13.7. The Hall–Kier alpha value is -1.02. The van der Waals surface area contributed by atoms with Gasteiger partial charge in [0.1, 0.15) is 5.75 Å². The number of methoxy groups -OCH3 is 1. The fourth-order valence-corrected chi connectivity index (χ4v) is 3.23. The van der Waals surface area contributed by atoms with E-state index in [4.69, 9.17) is 4.74 Å². The largest absolute Gasteiger partial charge is 0.497 e. The SMILES string of the molecule is CCC1CCCCC1NC(C)c1ccc(OC)cc1. The van der Waals surface area contributed by atoms with Crippen LogP contribution in [0.3, 0.4) is 0 Å². The van der Waals surface area contributed by atoms with Crippen molar-refractivity contribution in [2.24, 2.45) is 5.92 Å². The third-order valence-electron chi connectivity index (χ3n) is 4.51. The zero-order valence-corrected chi connectivity index (χ0v) is 12.5. The van der Waals surface area contributed by atoms with Crippen LogP contribution in [-0.2, 0) is 0 Å². The van der Waals surface area contributed by atoms with E-state index in [-0.39, 0.29) is 0 Å². The highest BCUT2D eigenvalue weighted by molar-refractivity contribution is 5.28. The summed E-state index contributed by atoms with van der Waals surface area (Å²) in [4.78, 5) is 0. The van der Waals surface area contributed by atoms with Gasteiger partial charge in [0.25, 0.3) is 0 Å². The molecule has 0 saturated heterocycles. The lowest BCUT2D eigenvalue weighted by Crippen LogP contribution is -2.39. The van der Waals surface area contributed by atoms with Crippen molar-refractivity contribution in [3.05, 3.63) is 29.8 Å². The van der Waals surface area contributed by atoms with E-state index in [9.17, 15) is 0 Å². The van der Waals surface area contributed by atoms with E-state index in [1.165, 1.54) is 37.7 Å². The highest BCUT2D eigenvalue weighted by Gasteiger charge is 2.24. The molecule has 1 aliphatic carbocycles. The Balaban J connectivity index is 1.96. The van der Waals surface area contributed by atoms with Crippen LogP contribution in [-0.4, -0.2) is 13.2 Å². The van der Waals surface area contributed by atoms with Gasteiger partial charge in [-0.1, -0.05) is 38.3 Å². The molecule has 1 aliphatic rings. The van der Waals surface area contributed by atoms with Crippen LogP contribution in [0.25, 0.3) is 0 Å². The second-order valence-electron chi connectivity index (χ2n) is 5.72. The zero-order valence-electron chi connectivity index (χ0n) is 12.5. The van der Waals surface area contributed by atoms with E-state index in [0.29, 0.717) is 12.1 Å². The van der Waals surface area contributed by atoms with Crippen molar-refractivity contribution in [3.8, 4) is 5.75 Å². The fraction of sp³-hybridized carbons (Fsp3) is 0.647. The molecule has 2 heteroatoms. The molecule has 1 aromatic carbocycles. The summed E-state index contributed by atoms with van der Waals surface area (Å²) in [5, 5.41) is 3.83. The first kappa shape index (κ1) is 14.4. The Morgan fingerprint density at radius 3 is 2.53 bits per heavy atom. The molecule has 0 amide bonds. The molecule has 0 aromatic heterocycles. The molecule has 0 bridgehead atoms. The number of hydrogen-bond acceptors (Lipinski definition) is 2. The highest BCUT2D eigenvalue weighted by atomic mass is 16.5. The van der Waals surface area contributed by atoms with Crippen LogP contribution < -0.4 is 10.1 Å². The summed E-state index contributed by atoms with van der Waals surface area (Å²) in [5.41, 5.74) is 1.35. The summed E-state index contributed by atoms with van der Waals surface area (Å²) in [6.07, 6.45) is 6.81. The van der Waals surface area contributed by atoms with Gasteiger partial charge < -0.3 is 10.1 Å². The van der Waals surface area contributed by atoms with E-state index in [0.717, 1.165) is 11.7 Å². The van der Waals surface area contributed by atoms with Crippen LogP contribution in [0.4, 0.5) is 0 Å². The second-order valence-corrected chi connectivity index (χ2v) is 5.72. The highest BCUT2D eigenvalue weighted by Crippen LogP contribution is 2.29. The number of hydrogen-bond donors (Lipinski definition) is 1. The molecule has 19 heavy (non-hydrogen) atoms. The third-order valence-corrected chi connectivity index (χ3v) is 4.51. The minimum Gasteiger partial charge on any atom is -0.497 e. The molecule has 1 N–H and O–H groups in total. The second kappa shape index (κ2) is 6.95. The number of ether oxygens (including phenoxy) is 1.